The summed E-state index contributed by atoms with van der Waals surface area (Å²) in [5.74, 6) is -1.10. The van der Waals surface area contributed by atoms with Gasteiger partial charge in [0.05, 0.1) is 6.61 Å². The smallest absolute Gasteiger partial charge is 0.462 e. The minimum absolute atomic E-state index is 0.100. The second-order valence-electron chi connectivity index (χ2n) is 12.7. The summed E-state index contributed by atoms with van der Waals surface area (Å²) in [6.45, 7) is 3.18. The number of rotatable bonds is 28. The third kappa shape index (κ3) is 19.6. The van der Waals surface area contributed by atoms with Gasteiger partial charge < -0.3 is 39.9 Å². The molecule has 0 aromatic rings. The van der Waals surface area contributed by atoms with Crippen LogP contribution in [0.2, 0.25) is 0 Å². The minimum Gasteiger partial charge on any atom is -0.462 e. The van der Waals surface area contributed by atoms with Crippen molar-refractivity contribution in [3.63, 3.8) is 0 Å². The van der Waals surface area contributed by atoms with Crippen LogP contribution in [0.25, 0.3) is 0 Å². The van der Waals surface area contributed by atoms with Crippen molar-refractivity contribution in [2.45, 2.75) is 185 Å². The van der Waals surface area contributed by atoms with Gasteiger partial charge in [0.2, 0.25) is 0 Å². The Kier molecular flexibility index (Phi) is 24.1. The van der Waals surface area contributed by atoms with Crippen LogP contribution in [0.3, 0.4) is 0 Å². The second-order valence-corrected chi connectivity index (χ2v) is 14.1. The molecule has 0 radical (unpaired) electrons. The van der Waals surface area contributed by atoms with Crippen molar-refractivity contribution in [2.24, 2.45) is 0 Å². The first-order chi connectivity index (χ1) is 22.4. The second kappa shape index (κ2) is 25.8. The van der Waals surface area contributed by atoms with Crippen molar-refractivity contribution >= 4 is 19.8 Å². The molecule has 0 amide bonds. The molecule has 278 valence electrons. The van der Waals surface area contributed by atoms with Gasteiger partial charge in [0, 0.05) is 12.8 Å². The Labute approximate surface area is 281 Å². The first-order valence-corrected chi connectivity index (χ1v) is 19.3. The van der Waals surface area contributed by atoms with E-state index in [2.05, 4.69) is 13.8 Å². The van der Waals surface area contributed by atoms with Crippen molar-refractivity contribution in [2.75, 3.05) is 13.2 Å². The molecule has 0 spiro atoms. The number of phosphoric ester groups is 1. The highest BCUT2D eigenvalue weighted by molar-refractivity contribution is 7.47. The van der Waals surface area contributed by atoms with Crippen LogP contribution in [-0.4, -0.2) is 98.3 Å². The Hall–Kier alpha value is -1.15. The molecule has 0 heterocycles. The van der Waals surface area contributed by atoms with Gasteiger partial charge in [-0.2, -0.15) is 0 Å². The number of carbonyl (C=O) groups is 2. The summed E-state index contributed by atoms with van der Waals surface area (Å²) in [4.78, 5) is 35.1. The fourth-order valence-electron chi connectivity index (χ4n) is 5.46. The molecule has 14 heteroatoms. The van der Waals surface area contributed by atoms with Gasteiger partial charge >= 0.3 is 19.8 Å². The molecular weight excluding hydrogens is 635 g/mol. The third-order valence-electron chi connectivity index (χ3n) is 8.45. The zero-order valence-electron chi connectivity index (χ0n) is 28.6. The van der Waals surface area contributed by atoms with Gasteiger partial charge in [0.25, 0.3) is 0 Å². The van der Waals surface area contributed by atoms with Gasteiger partial charge in [0.15, 0.2) is 6.10 Å². The van der Waals surface area contributed by atoms with E-state index in [1.165, 1.54) is 51.4 Å². The van der Waals surface area contributed by atoms with Crippen LogP contribution in [0.5, 0.6) is 0 Å². The normalized spacial score (nSPS) is 24.9. The number of phosphoric acid groups is 1. The molecule has 0 aromatic carbocycles. The topological polar surface area (TPSA) is 210 Å². The van der Waals surface area contributed by atoms with E-state index in [4.69, 9.17) is 18.5 Å². The fraction of sp³-hybridized carbons (Fsp3) is 0.939. The van der Waals surface area contributed by atoms with Crippen LogP contribution in [-0.2, 0) is 32.7 Å². The Morgan fingerprint density at radius 1 is 0.574 bits per heavy atom. The summed E-state index contributed by atoms with van der Waals surface area (Å²) in [6.07, 6.45) is 6.53. The molecule has 0 aromatic heterocycles. The molecule has 6 unspecified atom stereocenters. The Morgan fingerprint density at radius 2 is 0.957 bits per heavy atom. The van der Waals surface area contributed by atoms with Crippen LogP contribution in [0.1, 0.15) is 142 Å². The van der Waals surface area contributed by atoms with Gasteiger partial charge in [-0.05, 0) is 12.8 Å². The lowest BCUT2D eigenvalue weighted by molar-refractivity contribution is -0.220. The number of esters is 2. The van der Waals surface area contributed by atoms with Gasteiger partial charge in [-0.1, -0.05) is 117 Å². The fourth-order valence-corrected chi connectivity index (χ4v) is 6.43. The molecule has 47 heavy (non-hydrogen) atoms. The monoisotopic (exact) mass is 698 g/mol. The van der Waals surface area contributed by atoms with E-state index < -0.39 is 75.7 Å². The molecule has 8 atom stereocenters. The number of aliphatic hydroxyl groups is 5. The SMILES string of the molecule is CCCCCCCCCCCCCC(=O)OC[C@H](COP(=O)(O)OC1C(O)C(O)C(O)[C@@H](O)C1O)OC(=O)CCCCCCCCC. The number of aliphatic hydroxyl groups excluding tert-OH is 5. The first kappa shape index (κ1) is 43.9. The van der Waals surface area contributed by atoms with Crippen molar-refractivity contribution in [1.29, 1.82) is 0 Å². The molecule has 1 saturated carbocycles. The van der Waals surface area contributed by atoms with E-state index in [1.807, 2.05) is 0 Å². The molecule has 1 rings (SSSR count). The van der Waals surface area contributed by atoms with Gasteiger partial charge in [-0.25, -0.2) is 4.57 Å². The lowest BCUT2D eigenvalue weighted by Crippen LogP contribution is -2.64. The highest BCUT2D eigenvalue weighted by atomic mass is 31.2. The van der Waals surface area contributed by atoms with Crippen LogP contribution in [0.15, 0.2) is 0 Å². The maximum atomic E-state index is 12.7. The number of hydrogen-bond donors (Lipinski definition) is 6. The van der Waals surface area contributed by atoms with Crippen LogP contribution in [0, 0.1) is 0 Å². The lowest BCUT2D eigenvalue weighted by atomic mass is 9.85. The average Bonchev–Trinajstić information content (AvgIpc) is 3.04. The zero-order chi connectivity index (χ0) is 35.1. The molecule has 1 fully saturated rings. The summed E-state index contributed by atoms with van der Waals surface area (Å²) < 4.78 is 33.1. The summed E-state index contributed by atoms with van der Waals surface area (Å²) in [5, 5.41) is 49.7. The largest absolute Gasteiger partial charge is 0.472 e. The highest BCUT2D eigenvalue weighted by Gasteiger charge is 2.51. The molecule has 0 saturated heterocycles. The van der Waals surface area contributed by atoms with Crippen LogP contribution >= 0.6 is 7.82 Å². The van der Waals surface area contributed by atoms with E-state index >= 15 is 0 Å². The van der Waals surface area contributed by atoms with Gasteiger partial charge in [-0.3, -0.25) is 18.6 Å². The van der Waals surface area contributed by atoms with E-state index in [0.29, 0.717) is 12.8 Å². The number of hydrogen-bond acceptors (Lipinski definition) is 12. The van der Waals surface area contributed by atoms with E-state index in [9.17, 15) is 44.6 Å². The highest BCUT2D eigenvalue weighted by Crippen LogP contribution is 2.47. The summed E-state index contributed by atoms with van der Waals surface area (Å²) in [7, 11) is -5.09. The van der Waals surface area contributed by atoms with Crippen molar-refractivity contribution < 1.29 is 63.1 Å². The van der Waals surface area contributed by atoms with Crippen molar-refractivity contribution in [3.05, 3.63) is 0 Å². The molecule has 0 aliphatic heterocycles. The van der Waals surface area contributed by atoms with E-state index in [1.54, 1.807) is 0 Å². The Balaban J connectivity index is 2.56. The van der Waals surface area contributed by atoms with Crippen LogP contribution in [0.4, 0.5) is 0 Å². The molecule has 13 nitrogen and oxygen atoms in total. The van der Waals surface area contributed by atoms with Crippen molar-refractivity contribution in [1.82, 2.24) is 0 Å². The first-order valence-electron chi connectivity index (χ1n) is 17.8. The Morgan fingerprint density at radius 3 is 1.40 bits per heavy atom. The maximum absolute atomic E-state index is 12.7. The van der Waals surface area contributed by atoms with Gasteiger partial charge in [-0.15, -0.1) is 0 Å². The molecule has 6 N–H and O–H groups in total. The maximum Gasteiger partial charge on any atom is 0.472 e. The number of ether oxygens (including phenoxy) is 2. The molecule has 0 bridgehead atoms. The molecule has 1 aliphatic carbocycles. The van der Waals surface area contributed by atoms with Crippen LogP contribution < -0.4 is 0 Å². The predicted octanol–water partition coefficient (Wildman–Crippen LogP) is 4.60. The average molecular weight is 699 g/mol. The van der Waals surface area contributed by atoms with E-state index in [0.717, 1.165) is 51.4 Å². The quantitative estimate of drug-likeness (QED) is 0.0375. The number of unbranched alkanes of at least 4 members (excludes halogenated alkanes) is 16. The molecule has 1 aliphatic rings. The van der Waals surface area contributed by atoms with E-state index in [-0.39, 0.29) is 12.8 Å². The summed E-state index contributed by atoms with van der Waals surface area (Å²) in [6, 6.07) is 0. The third-order valence-corrected chi connectivity index (χ3v) is 9.43. The predicted molar refractivity (Wildman–Crippen MR) is 175 cm³/mol. The van der Waals surface area contributed by atoms with Crippen molar-refractivity contribution in [3.8, 4) is 0 Å². The zero-order valence-corrected chi connectivity index (χ0v) is 29.5. The summed E-state index contributed by atoms with van der Waals surface area (Å²) in [5.41, 5.74) is 0. The lowest BCUT2D eigenvalue weighted by Gasteiger charge is -2.41. The standard InChI is InChI=1S/C33H63O13P/c1-3-5-7-9-11-12-13-14-16-17-19-21-26(34)43-23-25(45-27(35)22-20-18-15-10-8-6-4-2)24-44-47(41,42)46-33-31(39)29(37)28(36)30(38)32(33)40/h25,28-33,36-40H,3-24H2,1-2H3,(H,41,42)/t25-,28?,29-,30?,31?,32?,33?/m1/s1. The van der Waals surface area contributed by atoms with Gasteiger partial charge in [0.1, 0.15) is 43.2 Å². The Bertz CT molecular complexity index is 859. The number of carbonyl (C=O) groups excluding carboxylic acids is 2. The minimum atomic E-state index is -5.09. The summed E-state index contributed by atoms with van der Waals surface area (Å²) >= 11 is 0. The molecular formula is C33H63O13P.